The van der Waals surface area contributed by atoms with Crippen molar-refractivity contribution in [1.82, 2.24) is 23.9 Å². The molecule has 1 atom stereocenters. The van der Waals surface area contributed by atoms with E-state index >= 15 is 0 Å². The molecule has 2 aromatic heterocycles. The lowest BCUT2D eigenvalue weighted by Crippen LogP contribution is -2.23. The molecule has 0 fully saturated rings. The molecule has 4 rings (SSSR count). The number of fused-ring (bicyclic) bond motifs is 3. The van der Waals surface area contributed by atoms with Crippen LogP contribution in [0, 0.1) is 5.41 Å². The Bertz CT molecular complexity index is 1480. The molecule has 0 spiro atoms. The van der Waals surface area contributed by atoms with Crippen LogP contribution in [0.4, 0.5) is 0 Å². The molecule has 1 aliphatic rings. The summed E-state index contributed by atoms with van der Waals surface area (Å²) in [6.07, 6.45) is 11.2. The summed E-state index contributed by atoms with van der Waals surface area (Å²) in [5, 5.41) is 0.887. The van der Waals surface area contributed by atoms with Gasteiger partial charge in [0.1, 0.15) is 5.75 Å². The summed E-state index contributed by atoms with van der Waals surface area (Å²) in [5.41, 5.74) is 5.79. The second kappa shape index (κ2) is 8.80. The molecular weight excluding hydrogens is 438 g/mol. The summed E-state index contributed by atoms with van der Waals surface area (Å²) in [7, 11) is 11.4. The van der Waals surface area contributed by atoms with Crippen molar-refractivity contribution in [2.24, 2.45) is 12.5 Å². The summed E-state index contributed by atoms with van der Waals surface area (Å²) in [6.45, 7) is 8.31. The SMILES string of the molecule is C=C(C)/C(=C\N(C)C)n1c(=O)n(C)c2cnc3cc(OC)c(/C(=C/N(C)C)C4(C)C=CC4)cc3c21. The van der Waals surface area contributed by atoms with Crippen molar-refractivity contribution in [3.8, 4) is 5.75 Å². The topological polar surface area (TPSA) is 55.5 Å². The Kier molecular flexibility index (Phi) is 6.13. The molecule has 7 nitrogen and oxygen atoms in total. The summed E-state index contributed by atoms with van der Waals surface area (Å²) in [4.78, 5) is 22.2. The minimum absolute atomic E-state index is 0.101. The fourth-order valence-electron chi connectivity index (χ4n) is 4.68. The summed E-state index contributed by atoms with van der Waals surface area (Å²) < 4.78 is 9.25. The van der Waals surface area contributed by atoms with E-state index in [1.54, 1.807) is 29.5 Å². The van der Waals surface area contributed by atoms with Crippen LogP contribution < -0.4 is 10.4 Å². The minimum atomic E-state index is -0.138. The highest BCUT2D eigenvalue weighted by atomic mass is 16.5. The summed E-state index contributed by atoms with van der Waals surface area (Å²) in [6, 6.07) is 4.09. The van der Waals surface area contributed by atoms with Crippen LogP contribution in [0.5, 0.6) is 5.75 Å². The number of nitrogens with zero attached hydrogens (tertiary/aromatic N) is 5. The van der Waals surface area contributed by atoms with Gasteiger partial charge in [0.25, 0.3) is 0 Å². The Morgan fingerprint density at radius 2 is 1.86 bits per heavy atom. The molecule has 0 N–H and O–H groups in total. The molecule has 0 bridgehead atoms. The number of imidazole rings is 1. The molecule has 1 aliphatic carbocycles. The number of ether oxygens (including phenoxy) is 1. The highest BCUT2D eigenvalue weighted by Gasteiger charge is 2.33. The molecule has 0 radical (unpaired) electrons. The Labute approximate surface area is 206 Å². The van der Waals surface area contributed by atoms with Crippen LogP contribution in [0.3, 0.4) is 0 Å². The van der Waals surface area contributed by atoms with E-state index in [1.165, 1.54) is 0 Å². The maximum Gasteiger partial charge on any atom is 0.333 e. The lowest BCUT2D eigenvalue weighted by Gasteiger charge is -2.36. The second-order valence-corrected chi connectivity index (χ2v) is 10.0. The standard InChI is InChI=1S/C28H35N5O2/c1-18(2)24(17-31(6)7)33-26-20-13-19(21(16-30(4)5)28(3)11-10-12-28)25(35-9)14-22(20)29-15-23(26)32(8)27(33)34/h10-11,13-17H,1,12H2,2-9H3/b21-16-,24-17+. The molecule has 0 saturated heterocycles. The Balaban J connectivity index is 2.16. The summed E-state index contributed by atoms with van der Waals surface area (Å²) >= 11 is 0. The highest BCUT2D eigenvalue weighted by Crippen LogP contribution is 2.48. The van der Waals surface area contributed by atoms with Gasteiger partial charge in [-0.05, 0) is 30.6 Å². The molecule has 0 amide bonds. The van der Waals surface area contributed by atoms with Crippen molar-refractivity contribution in [2.75, 3.05) is 35.3 Å². The molecule has 1 aromatic carbocycles. The molecule has 0 aliphatic heterocycles. The first-order chi connectivity index (χ1) is 16.5. The Morgan fingerprint density at radius 1 is 1.20 bits per heavy atom. The third kappa shape index (κ3) is 4.05. The highest BCUT2D eigenvalue weighted by molar-refractivity contribution is 6.06. The van der Waals surface area contributed by atoms with E-state index in [1.807, 2.05) is 52.3 Å². The van der Waals surface area contributed by atoms with E-state index in [4.69, 9.17) is 9.72 Å². The van der Waals surface area contributed by atoms with E-state index in [-0.39, 0.29) is 11.1 Å². The number of hydrogen-bond acceptors (Lipinski definition) is 5. The van der Waals surface area contributed by atoms with Crippen molar-refractivity contribution in [3.63, 3.8) is 0 Å². The average molecular weight is 474 g/mol. The van der Waals surface area contributed by atoms with E-state index in [0.29, 0.717) is 0 Å². The molecule has 1 unspecified atom stereocenters. The molecule has 3 aromatic rings. The first kappa shape index (κ1) is 24.4. The Morgan fingerprint density at radius 3 is 2.37 bits per heavy atom. The van der Waals surface area contributed by atoms with Crippen molar-refractivity contribution in [2.45, 2.75) is 20.3 Å². The zero-order valence-corrected chi connectivity index (χ0v) is 22.0. The zero-order valence-electron chi connectivity index (χ0n) is 22.0. The largest absolute Gasteiger partial charge is 0.496 e. The molecule has 35 heavy (non-hydrogen) atoms. The first-order valence-corrected chi connectivity index (χ1v) is 11.7. The van der Waals surface area contributed by atoms with E-state index in [0.717, 1.165) is 56.5 Å². The number of allylic oxidation sites excluding steroid dienone is 5. The van der Waals surface area contributed by atoms with Crippen LogP contribution in [-0.2, 0) is 7.05 Å². The van der Waals surface area contributed by atoms with Crippen LogP contribution in [0.2, 0.25) is 0 Å². The molecule has 7 heteroatoms. The predicted molar refractivity (Wildman–Crippen MR) is 145 cm³/mol. The van der Waals surface area contributed by atoms with Crippen molar-refractivity contribution < 1.29 is 4.74 Å². The van der Waals surface area contributed by atoms with Crippen LogP contribution in [0.1, 0.15) is 25.8 Å². The van der Waals surface area contributed by atoms with Crippen molar-refractivity contribution in [3.05, 3.63) is 71.1 Å². The van der Waals surface area contributed by atoms with Gasteiger partial charge in [-0.2, -0.15) is 0 Å². The van der Waals surface area contributed by atoms with E-state index in [2.05, 4.69) is 42.8 Å². The fourth-order valence-corrected chi connectivity index (χ4v) is 4.68. The third-order valence-electron chi connectivity index (χ3n) is 6.58. The van der Waals surface area contributed by atoms with Crippen molar-refractivity contribution in [1.29, 1.82) is 0 Å². The number of aromatic nitrogens is 3. The number of rotatable bonds is 7. The van der Waals surface area contributed by atoms with Gasteiger partial charge in [-0.3, -0.25) is 14.1 Å². The number of methoxy groups -OCH3 is 1. The Hall–Kier alpha value is -3.74. The quantitative estimate of drug-likeness (QED) is 0.368. The van der Waals surface area contributed by atoms with Crippen molar-refractivity contribution >= 4 is 33.2 Å². The average Bonchev–Trinajstić information content (AvgIpc) is 3.03. The number of aryl methyl sites for hydroxylation is 1. The minimum Gasteiger partial charge on any atom is -0.496 e. The van der Waals surface area contributed by atoms with Crippen LogP contribution in [0.25, 0.3) is 33.2 Å². The van der Waals surface area contributed by atoms with Crippen LogP contribution in [-0.4, -0.2) is 59.2 Å². The number of benzene rings is 1. The molecule has 184 valence electrons. The maximum absolute atomic E-state index is 13.5. The lowest BCUT2D eigenvalue weighted by atomic mass is 9.70. The predicted octanol–water partition coefficient (Wildman–Crippen LogP) is 4.70. The monoisotopic (exact) mass is 473 g/mol. The van der Waals surface area contributed by atoms with Gasteiger partial charge in [-0.25, -0.2) is 4.79 Å². The maximum atomic E-state index is 13.5. The lowest BCUT2D eigenvalue weighted by molar-refractivity contribution is 0.411. The van der Waals surface area contributed by atoms with E-state index in [9.17, 15) is 4.79 Å². The molecule has 0 saturated carbocycles. The van der Waals surface area contributed by atoms with Gasteiger partial charge in [-0.1, -0.05) is 25.7 Å². The summed E-state index contributed by atoms with van der Waals surface area (Å²) in [5.74, 6) is 0.757. The van der Waals surface area contributed by atoms with Gasteiger partial charge in [0.2, 0.25) is 0 Å². The van der Waals surface area contributed by atoms with Gasteiger partial charge in [0, 0.05) is 70.1 Å². The second-order valence-electron chi connectivity index (χ2n) is 10.0. The fraction of sp³-hybridized carbons (Fsp3) is 0.357. The number of pyridine rings is 1. The van der Waals surface area contributed by atoms with Gasteiger partial charge in [0.05, 0.1) is 35.6 Å². The molecular formula is C28H35N5O2. The van der Waals surface area contributed by atoms with Crippen LogP contribution in [0.15, 0.2) is 59.8 Å². The first-order valence-electron chi connectivity index (χ1n) is 11.7. The van der Waals surface area contributed by atoms with Crippen LogP contribution >= 0.6 is 0 Å². The van der Waals surface area contributed by atoms with Gasteiger partial charge in [0.15, 0.2) is 0 Å². The van der Waals surface area contributed by atoms with E-state index < -0.39 is 0 Å². The molecule has 2 heterocycles. The normalized spacial score (nSPS) is 18.2. The zero-order chi connectivity index (χ0) is 25.7. The third-order valence-corrected chi connectivity index (χ3v) is 6.58. The van der Waals surface area contributed by atoms with Gasteiger partial charge < -0.3 is 14.5 Å². The van der Waals surface area contributed by atoms with Gasteiger partial charge in [-0.15, -0.1) is 0 Å². The van der Waals surface area contributed by atoms with Gasteiger partial charge >= 0.3 is 5.69 Å². The smallest absolute Gasteiger partial charge is 0.333 e. The number of hydrogen-bond donors (Lipinski definition) is 0.